The highest BCUT2D eigenvalue weighted by molar-refractivity contribution is 6.30. The zero-order valence-electron chi connectivity index (χ0n) is 13.0. The quantitative estimate of drug-likeness (QED) is 0.756. The first kappa shape index (κ1) is 17.7. The third-order valence-corrected chi connectivity index (χ3v) is 3.83. The Morgan fingerprint density at radius 3 is 2.48 bits per heavy atom. The van der Waals surface area contributed by atoms with Gasteiger partial charge in [0.2, 0.25) is 11.8 Å². The summed E-state index contributed by atoms with van der Waals surface area (Å²) in [7, 11) is 0. The predicted molar refractivity (Wildman–Crippen MR) is 88.4 cm³/mol. The Hall–Kier alpha value is -1.63. The Morgan fingerprint density at radius 2 is 1.78 bits per heavy atom. The highest BCUT2D eigenvalue weighted by Crippen LogP contribution is 2.09. The molecule has 1 fully saturated rings. The van der Waals surface area contributed by atoms with E-state index < -0.39 is 0 Å². The van der Waals surface area contributed by atoms with Crippen molar-refractivity contribution < 1.29 is 14.3 Å². The van der Waals surface area contributed by atoms with Crippen molar-refractivity contribution in [1.29, 1.82) is 0 Å². The second-order valence-corrected chi connectivity index (χ2v) is 5.82. The molecule has 7 heteroatoms. The van der Waals surface area contributed by atoms with Crippen molar-refractivity contribution in [3.05, 3.63) is 34.9 Å². The van der Waals surface area contributed by atoms with Gasteiger partial charge in [-0.3, -0.25) is 14.5 Å². The summed E-state index contributed by atoms with van der Waals surface area (Å²) < 4.78 is 5.26. The van der Waals surface area contributed by atoms with E-state index in [4.69, 9.17) is 16.3 Å². The van der Waals surface area contributed by atoms with Gasteiger partial charge in [-0.1, -0.05) is 23.7 Å². The van der Waals surface area contributed by atoms with Crippen LogP contribution in [0.4, 0.5) is 0 Å². The second-order valence-electron chi connectivity index (χ2n) is 5.38. The average Bonchev–Trinajstić information content (AvgIpc) is 2.56. The van der Waals surface area contributed by atoms with Crippen LogP contribution in [-0.2, 0) is 20.7 Å². The first-order valence-electron chi connectivity index (χ1n) is 7.71. The molecule has 0 radical (unpaired) electrons. The average molecular weight is 340 g/mol. The largest absolute Gasteiger partial charge is 0.379 e. The summed E-state index contributed by atoms with van der Waals surface area (Å²) in [6.45, 7) is 4.65. The topological polar surface area (TPSA) is 70.7 Å². The van der Waals surface area contributed by atoms with Crippen molar-refractivity contribution in [2.75, 3.05) is 45.9 Å². The van der Waals surface area contributed by atoms with Gasteiger partial charge in [-0.2, -0.15) is 0 Å². The normalized spacial score (nSPS) is 15.2. The molecule has 1 saturated heterocycles. The number of amides is 2. The van der Waals surface area contributed by atoms with Gasteiger partial charge < -0.3 is 15.4 Å². The Labute approximate surface area is 141 Å². The van der Waals surface area contributed by atoms with Gasteiger partial charge in [-0.15, -0.1) is 0 Å². The first-order valence-corrected chi connectivity index (χ1v) is 8.09. The molecule has 0 aromatic heterocycles. The monoisotopic (exact) mass is 339 g/mol. The van der Waals surface area contributed by atoms with E-state index in [-0.39, 0.29) is 24.8 Å². The van der Waals surface area contributed by atoms with Crippen molar-refractivity contribution in [3.63, 3.8) is 0 Å². The summed E-state index contributed by atoms with van der Waals surface area (Å²) in [5.41, 5.74) is 0.861. The van der Waals surface area contributed by atoms with Gasteiger partial charge in [-0.25, -0.2) is 0 Å². The number of rotatable bonds is 7. The third kappa shape index (κ3) is 6.99. The molecule has 2 rings (SSSR count). The molecule has 6 nitrogen and oxygen atoms in total. The van der Waals surface area contributed by atoms with Crippen LogP contribution in [0.1, 0.15) is 5.56 Å². The number of nitrogens with one attached hydrogen (secondary N) is 2. The number of hydrogen-bond donors (Lipinski definition) is 2. The van der Waals surface area contributed by atoms with Crippen LogP contribution >= 0.6 is 11.6 Å². The van der Waals surface area contributed by atoms with Crippen LogP contribution < -0.4 is 10.6 Å². The molecule has 1 aliphatic rings. The lowest BCUT2D eigenvalue weighted by molar-refractivity contribution is -0.125. The minimum atomic E-state index is -0.185. The lowest BCUT2D eigenvalue weighted by Crippen LogP contribution is -2.43. The Morgan fingerprint density at radius 1 is 1.09 bits per heavy atom. The van der Waals surface area contributed by atoms with Crippen molar-refractivity contribution in [2.45, 2.75) is 6.42 Å². The van der Waals surface area contributed by atoms with E-state index in [1.165, 1.54) is 0 Å². The summed E-state index contributed by atoms with van der Waals surface area (Å²) in [6.07, 6.45) is 0.234. The molecule has 0 saturated carbocycles. The summed E-state index contributed by atoms with van der Waals surface area (Å²) in [6, 6.07) is 7.07. The number of morpholine rings is 1. The van der Waals surface area contributed by atoms with Crippen LogP contribution in [-0.4, -0.2) is 62.7 Å². The zero-order chi connectivity index (χ0) is 16.5. The maximum atomic E-state index is 11.8. The van der Waals surface area contributed by atoms with E-state index in [0.717, 1.165) is 38.4 Å². The van der Waals surface area contributed by atoms with E-state index in [2.05, 4.69) is 15.5 Å². The predicted octanol–water partition coefficient (Wildman–Crippen LogP) is 0.447. The van der Waals surface area contributed by atoms with E-state index in [1.54, 1.807) is 24.3 Å². The molecule has 2 N–H and O–H groups in total. The standard InChI is InChI=1S/C16H22ClN3O3/c17-14-3-1-13(2-4-14)11-15(21)19-12-16(22)18-5-6-20-7-9-23-10-8-20/h1-4H,5-12H2,(H,18,22)(H,19,21). The molecular formula is C16H22ClN3O3. The maximum absolute atomic E-state index is 11.8. The lowest BCUT2D eigenvalue weighted by Gasteiger charge is -2.26. The van der Waals surface area contributed by atoms with E-state index in [1.807, 2.05) is 0 Å². The van der Waals surface area contributed by atoms with Crippen molar-refractivity contribution >= 4 is 23.4 Å². The minimum absolute atomic E-state index is 0.00443. The highest BCUT2D eigenvalue weighted by atomic mass is 35.5. The Bertz CT molecular complexity index is 516. The maximum Gasteiger partial charge on any atom is 0.239 e. The first-order chi connectivity index (χ1) is 11.1. The summed E-state index contributed by atoms with van der Waals surface area (Å²) in [4.78, 5) is 25.7. The van der Waals surface area contributed by atoms with Gasteiger partial charge in [0.05, 0.1) is 26.2 Å². The number of halogens is 1. The molecule has 0 spiro atoms. The van der Waals surface area contributed by atoms with Crippen LogP contribution in [0.15, 0.2) is 24.3 Å². The van der Waals surface area contributed by atoms with Crippen LogP contribution in [0, 0.1) is 0 Å². The molecule has 1 aliphatic heterocycles. The van der Waals surface area contributed by atoms with Crippen molar-refractivity contribution in [3.8, 4) is 0 Å². The SMILES string of the molecule is O=C(CNC(=O)Cc1ccc(Cl)cc1)NCCN1CCOCC1. The smallest absolute Gasteiger partial charge is 0.239 e. The summed E-state index contributed by atoms with van der Waals surface area (Å²) >= 11 is 5.79. The summed E-state index contributed by atoms with van der Waals surface area (Å²) in [5.74, 6) is -0.363. The minimum Gasteiger partial charge on any atom is -0.379 e. The van der Waals surface area contributed by atoms with Crippen LogP contribution in [0.25, 0.3) is 0 Å². The number of carbonyl (C=O) groups is 2. The van der Waals surface area contributed by atoms with E-state index >= 15 is 0 Å². The fourth-order valence-corrected chi connectivity index (χ4v) is 2.40. The molecule has 0 unspecified atom stereocenters. The number of benzene rings is 1. The fourth-order valence-electron chi connectivity index (χ4n) is 2.27. The van der Waals surface area contributed by atoms with Gasteiger partial charge in [0.15, 0.2) is 0 Å². The zero-order valence-corrected chi connectivity index (χ0v) is 13.8. The van der Waals surface area contributed by atoms with Crippen LogP contribution in [0.3, 0.4) is 0 Å². The molecule has 1 heterocycles. The fraction of sp³-hybridized carbons (Fsp3) is 0.500. The number of nitrogens with zero attached hydrogens (tertiary/aromatic N) is 1. The molecule has 126 valence electrons. The number of ether oxygens (including phenoxy) is 1. The van der Waals surface area contributed by atoms with Gasteiger partial charge in [0.1, 0.15) is 0 Å². The molecule has 0 atom stereocenters. The van der Waals surface area contributed by atoms with Gasteiger partial charge in [0.25, 0.3) is 0 Å². The van der Waals surface area contributed by atoms with E-state index in [0.29, 0.717) is 11.6 Å². The lowest BCUT2D eigenvalue weighted by atomic mass is 10.1. The van der Waals surface area contributed by atoms with Gasteiger partial charge in [0, 0.05) is 31.2 Å². The van der Waals surface area contributed by atoms with E-state index in [9.17, 15) is 9.59 Å². The Balaban J connectivity index is 1.58. The highest BCUT2D eigenvalue weighted by Gasteiger charge is 2.10. The van der Waals surface area contributed by atoms with Crippen molar-refractivity contribution in [1.82, 2.24) is 15.5 Å². The third-order valence-electron chi connectivity index (χ3n) is 3.58. The molecule has 1 aromatic carbocycles. The van der Waals surface area contributed by atoms with Crippen LogP contribution in [0.5, 0.6) is 0 Å². The van der Waals surface area contributed by atoms with Crippen LogP contribution in [0.2, 0.25) is 5.02 Å². The number of hydrogen-bond acceptors (Lipinski definition) is 4. The summed E-state index contributed by atoms with van der Waals surface area (Å²) in [5, 5.41) is 6.05. The molecule has 1 aromatic rings. The molecule has 0 bridgehead atoms. The Kier molecular flexibility index (Phi) is 7.32. The molecular weight excluding hydrogens is 318 g/mol. The molecule has 0 aliphatic carbocycles. The van der Waals surface area contributed by atoms with Gasteiger partial charge >= 0.3 is 0 Å². The molecule has 2 amide bonds. The van der Waals surface area contributed by atoms with Crippen molar-refractivity contribution in [2.24, 2.45) is 0 Å². The molecule has 23 heavy (non-hydrogen) atoms. The number of carbonyl (C=O) groups excluding carboxylic acids is 2. The second kappa shape index (κ2) is 9.50. The van der Waals surface area contributed by atoms with Gasteiger partial charge in [-0.05, 0) is 17.7 Å².